The average molecular weight is 895 g/mol. The van der Waals surface area contributed by atoms with E-state index in [1.807, 2.05) is 60.7 Å². The smallest absolute Gasteiger partial charge is 0.220 e. The van der Waals surface area contributed by atoms with Gasteiger partial charge in [-0.2, -0.15) is 0 Å². The monoisotopic (exact) mass is 894 g/mol. The van der Waals surface area contributed by atoms with Crippen molar-refractivity contribution < 1.29 is 0 Å². The molecule has 3 aromatic heterocycles. The highest BCUT2D eigenvalue weighted by molar-refractivity contribution is 5.99. The molecule has 0 bridgehead atoms. The van der Waals surface area contributed by atoms with E-state index in [0.29, 0.717) is 17.5 Å². The standard InChI is InChI=1S/C64H42N6/c1-7-20-43(21-8-1)49-36-39-57-59(41-49)69-58-42-50(35-38-56(58)65-64(69)70(57)60-53(44-22-9-2-10-23-44)32-19-33-54(60)45-24-11-3-12-25-45)52-37-34-51(40-55(52)46-26-13-4-14-27-46)63-67-61(47-28-15-5-16-29-47)66-62(68-63)48-30-17-6-18-31-48/h1-42H. The van der Waals surface area contributed by atoms with Crippen LogP contribution in [0, 0.1) is 0 Å². The van der Waals surface area contributed by atoms with Crippen molar-refractivity contribution in [2.45, 2.75) is 0 Å². The number of imidazole rings is 2. The second-order valence-corrected chi connectivity index (χ2v) is 17.5. The van der Waals surface area contributed by atoms with Crippen molar-refractivity contribution in [3.05, 3.63) is 255 Å². The first-order chi connectivity index (χ1) is 34.7. The third kappa shape index (κ3) is 7.23. The molecule has 13 aromatic rings. The first-order valence-corrected chi connectivity index (χ1v) is 23.6. The number of nitrogens with zero attached hydrogens (tertiary/aromatic N) is 6. The van der Waals surface area contributed by atoms with Crippen LogP contribution in [-0.2, 0) is 0 Å². The molecule has 13 rings (SSSR count). The van der Waals surface area contributed by atoms with Crippen LogP contribution < -0.4 is 0 Å². The van der Waals surface area contributed by atoms with Gasteiger partial charge in [0.25, 0.3) is 0 Å². The average Bonchev–Trinajstić information content (AvgIpc) is 3.98. The van der Waals surface area contributed by atoms with E-state index in [0.717, 1.165) is 106 Å². The van der Waals surface area contributed by atoms with Gasteiger partial charge in [-0.05, 0) is 74.8 Å². The quantitative estimate of drug-likeness (QED) is 0.145. The number of rotatable bonds is 9. The molecule has 0 N–H and O–H groups in total. The van der Waals surface area contributed by atoms with Crippen LogP contribution in [0.4, 0.5) is 0 Å². The number of fused-ring (bicyclic) bond motifs is 5. The Morgan fingerprint density at radius 3 is 1.23 bits per heavy atom. The third-order valence-corrected chi connectivity index (χ3v) is 13.2. The van der Waals surface area contributed by atoms with Crippen LogP contribution in [0.1, 0.15) is 0 Å². The maximum atomic E-state index is 5.54. The molecular weight excluding hydrogens is 853 g/mol. The summed E-state index contributed by atoms with van der Waals surface area (Å²) in [5.74, 6) is 2.70. The fraction of sp³-hybridized carbons (Fsp3) is 0. The molecule has 0 saturated heterocycles. The lowest BCUT2D eigenvalue weighted by Crippen LogP contribution is -2.01. The molecule has 0 spiro atoms. The zero-order valence-corrected chi connectivity index (χ0v) is 37.9. The molecule has 3 heterocycles. The van der Waals surface area contributed by atoms with Gasteiger partial charge in [-0.3, -0.25) is 8.97 Å². The lowest BCUT2D eigenvalue weighted by Gasteiger charge is -2.18. The van der Waals surface area contributed by atoms with Gasteiger partial charge in [0.2, 0.25) is 5.78 Å². The maximum absolute atomic E-state index is 5.54. The Morgan fingerprint density at radius 2 is 0.686 bits per heavy atom. The molecule has 10 aromatic carbocycles. The van der Waals surface area contributed by atoms with Gasteiger partial charge in [0.05, 0.1) is 27.8 Å². The van der Waals surface area contributed by atoms with E-state index in [-0.39, 0.29) is 0 Å². The summed E-state index contributed by atoms with van der Waals surface area (Å²) in [6, 6.07) is 89.5. The largest absolute Gasteiger partial charge is 0.277 e. The summed E-state index contributed by atoms with van der Waals surface area (Å²) >= 11 is 0. The van der Waals surface area contributed by atoms with Crippen molar-refractivity contribution in [3.8, 4) is 95.5 Å². The number of aromatic nitrogens is 6. The molecule has 0 saturated carbocycles. The van der Waals surface area contributed by atoms with Gasteiger partial charge in [-0.15, -0.1) is 0 Å². The van der Waals surface area contributed by atoms with Crippen LogP contribution in [0.25, 0.3) is 123 Å². The van der Waals surface area contributed by atoms with Gasteiger partial charge < -0.3 is 0 Å². The highest BCUT2D eigenvalue weighted by atomic mass is 15.2. The number of hydrogen-bond acceptors (Lipinski definition) is 4. The van der Waals surface area contributed by atoms with Gasteiger partial charge in [0.15, 0.2) is 17.5 Å². The van der Waals surface area contributed by atoms with Gasteiger partial charge in [-0.25, -0.2) is 19.9 Å². The summed E-state index contributed by atoms with van der Waals surface area (Å²) in [6.45, 7) is 0. The molecule has 0 amide bonds. The van der Waals surface area contributed by atoms with Crippen molar-refractivity contribution in [1.82, 2.24) is 28.9 Å². The molecule has 70 heavy (non-hydrogen) atoms. The molecule has 6 nitrogen and oxygen atoms in total. The lowest BCUT2D eigenvalue weighted by atomic mass is 9.92. The summed E-state index contributed by atoms with van der Waals surface area (Å²) in [4.78, 5) is 20.7. The second-order valence-electron chi connectivity index (χ2n) is 17.5. The van der Waals surface area contributed by atoms with Crippen molar-refractivity contribution in [3.63, 3.8) is 0 Å². The molecule has 0 aliphatic heterocycles. The van der Waals surface area contributed by atoms with Crippen LogP contribution in [0.2, 0.25) is 0 Å². The Bertz CT molecular complexity index is 3900. The zero-order chi connectivity index (χ0) is 46.4. The molecule has 6 heteroatoms. The highest BCUT2D eigenvalue weighted by Gasteiger charge is 2.24. The summed E-state index contributed by atoms with van der Waals surface area (Å²) in [7, 11) is 0. The summed E-state index contributed by atoms with van der Waals surface area (Å²) in [5.41, 5.74) is 19.0. The van der Waals surface area contributed by atoms with E-state index in [1.165, 1.54) is 0 Å². The van der Waals surface area contributed by atoms with Crippen LogP contribution in [0.15, 0.2) is 255 Å². The molecule has 0 aliphatic carbocycles. The van der Waals surface area contributed by atoms with E-state index in [1.54, 1.807) is 0 Å². The Morgan fingerprint density at radius 1 is 0.243 bits per heavy atom. The minimum atomic E-state index is 0.608. The molecule has 328 valence electrons. The van der Waals surface area contributed by atoms with Gasteiger partial charge in [0.1, 0.15) is 0 Å². The van der Waals surface area contributed by atoms with E-state index in [4.69, 9.17) is 19.9 Å². The zero-order valence-electron chi connectivity index (χ0n) is 37.9. The van der Waals surface area contributed by atoms with Crippen molar-refractivity contribution >= 4 is 27.8 Å². The van der Waals surface area contributed by atoms with Crippen LogP contribution >= 0.6 is 0 Å². The number of hydrogen-bond donors (Lipinski definition) is 0. The maximum Gasteiger partial charge on any atom is 0.220 e. The predicted molar refractivity (Wildman–Crippen MR) is 286 cm³/mol. The fourth-order valence-electron chi connectivity index (χ4n) is 9.86. The van der Waals surface area contributed by atoms with E-state index in [2.05, 4.69) is 203 Å². The van der Waals surface area contributed by atoms with Crippen molar-refractivity contribution in [1.29, 1.82) is 0 Å². The Balaban J connectivity index is 1.05. The topological polar surface area (TPSA) is 60.9 Å². The van der Waals surface area contributed by atoms with Gasteiger partial charge in [-0.1, -0.05) is 224 Å². The minimum Gasteiger partial charge on any atom is -0.277 e. The van der Waals surface area contributed by atoms with Crippen molar-refractivity contribution in [2.75, 3.05) is 0 Å². The molecule has 0 unspecified atom stereocenters. The summed E-state index contributed by atoms with van der Waals surface area (Å²) < 4.78 is 4.73. The van der Waals surface area contributed by atoms with Crippen LogP contribution in [0.3, 0.4) is 0 Å². The Hall–Kier alpha value is -9.52. The predicted octanol–water partition coefficient (Wildman–Crippen LogP) is 16.0. The van der Waals surface area contributed by atoms with E-state index >= 15 is 0 Å². The Labute approximate surface area is 405 Å². The fourth-order valence-corrected chi connectivity index (χ4v) is 9.86. The van der Waals surface area contributed by atoms with Crippen LogP contribution in [-0.4, -0.2) is 28.9 Å². The summed E-state index contributed by atoms with van der Waals surface area (Å²) in [5, 5.41) is 0. The number of para-hydroxylation sites is 1. The molecule has 0 aliphatic rings. The Kier molecular flexibility index (Phi) is 10.1. The van der Waals surface area contributed by atoms with E-state index < -0.39 is 0 Å². The second kappa shape index (κ2) is 17.3. The molecule has 0 radical (unpaired) electrons. The first-order valence-electron chi connectivity index (χ1n) is 23.6. The van der Waals surface area contributed by atoms with Crippen LogP contribution in [0.5, 0.6) is 0 Å². The molecular formula is C64H42N6. The lowest BCUT2D eigenvalue weighted by molar-refractivity contribution is 1.07. The van der Waals surface area contributed by atoms with Crippen molar-refractivity contribution in [2.24, 2.45) is 0 Å². The minimum absolute atomic E-state index is 0.608. The SMILES string of the molecule is c1ccc(-c2ccc3c(c2)n2c4cc(-c5ccc(-c6nc(-c7ccccc7)nc(-c7ccccc7)n6)cc5-c5ccccc5)ccc4nc2n3-c2c(-c3ccccc3)cccc2-c2ccccc2)cc1. The normalized spacial score (nSPS) is 11.4. The third-order valence-electron chi connectivity index (χ3n) is 13.2. The highest BCUT2D eigenvalue weighted by Crippen LogP contribution is 2.42. The summed E-state index contributed by atoms with van der Waals surface area (Å²) in [6.07, 6.45) is 0. The first kappa shape index (κ1) is 40.7. The molecule has 0 atom stereocenters. The molecule has 0 fully saturated rings. The number of benzene rings is 10. The van der Waals surface area contributed by atoms with Gasteiger partial charge in [0, 0.05) is 27.8 Å². The van der Waals surface area contributed by atoms with E-state index in [9.17, 15) is 0 Å². The van der Waals surface area contributed by atoms with Gasteiger partial charge >= 0.3 is 0 Å².